The van der Waals surface area contributed by atoms with Crippen molar-refractivity contribution < 1.29 is 23.4 Å². The molecule has 0 bridgehead atoms. The number of carbonyl (C=O) groups excluding carboxylic acids is 1. The molecule has 0 aliphatic carbocycles. The number of carbonyl (C=O) groups is 1. The van der Waals surface area contributed by atoms with Crippen LogP contribution in [0.15, 0.2) is 47.3 Å². The van der Waals surface area contributed by atoms with Crippen LogP contribution in [-0.2, 0) is 11.3 Å². The van der Waals surface area contributed by atoms with Crippen molar-refractivity contribution in [3.63, 3.8) is 0 Å². The van der Waals surface area contributed by atoms with Crippen molar-refractivity contribution >= 4 is 28.9 Å². The highest BCUT2D eigenvalue weighted by atomic mass is 19.1. The van der Waals surface area contributed by atoms with Gasteiger partial charge in [-0.05, 0) is 31.2 Å². The number of anilines is 3. The third kappa shape index (κ3) is 4.86. The molecule has 0 atom stereocenters. The molecule has 0 spiro atoms. The van der Waals surface area contributed by atoms with Crippen molar-refractivity contribution in [3.05, 3.63) is 64.5 Å². The maximum Gasteiger partial charge on any atom is 0.353 e. The molecular formula is C23H23FN6O5. The summed E-state index contributed by atoms with van der Waals surface area (Å²) in [7, 11) is 4.41. The number of nitrogens with one attached hydrogen (secondary N) is 2. The summed E-state index contributed by atoms with van der Waals surface area (Å²) in [5, 5.41) is 9.96. The second kappa shape index (κ2) is 9.71. The minimum Gasteiger partial charge on any atom is -0.493 e. The first-order valence-electron chi connectivity index (χ1n) is 10.4. The fourth-order valence-electron chi connectivity index (χ4n) is 3.49. The molecule has 2 heterocycles. The summed E-state index contributed by atoms with van der Waals surface area (Å²) in [5.74, 6) is 0.417. The van der Waals surface area contributed by atoms with Crippen molar-refractivity contribution in [2.24, 2.45) is 0 Å². The van der Waals surface area contributed by atoms with Gasteiger partial charge in [-0.25, -0.2) is 23.3 Å². The van der Waals surface area contributed by atoms with E-state index in [1.807, 2.05) is 0 Å². The summed E-state index contributed by atoms with van der Waals surface area (Å²) in [6.45, 7) is 1.39. The lowest BCUT2D eigenvalue weighted by Gasteiger charge is -2.14. The largest absolute Gasteiger partial charge is 0.493 e. The van der Waals surface area contributed by atoms with Crippen LogP contribution in [0.1, 0.15) is 5.69 Å². The molecule has 0 radical (unpaired) electrons. The summed E-state index contributed by atoms with van der Waals surface area (Å²) < 4.78 is 31.4. The quantitative estimate of drug-likeness (QED) is 0.393. The van der Waals surface area contributed by atoms with Gasteiger partial charge in [0.25, 0.3) is 0 Å². The zero-order chi connectivity index (χ0) is 25.1. The Morgan fingerprint density at radius 2 is 1.66 bits per heavy atom. The van der Waals surface area contributed by atoms with Gasteiger partial charge in [-0.2, -0.15) is 0 Å². The van der Waals surface area contributed by atoms with E-state index in [4.69, 9.17) is 14.2 Å². The molecule has 0 aliphatic rings. The van der Waals surface area contributed by atoms with E-state index >= 15 is 0 Å². The molecule has 0 unspecified atom stereocenters. The van der Waals surface area contributed by atoms with E-state index < -0.39 is 11.6 Å². The van der Waals surface area contributed by atoms with Gasteiger partial charge in [-0.3, -0.25) is 4.79 Å². The number of methoxy groups -OCH3 is 3. The highest BCUT2D eigenvalue weighted by Crippen LogP contribution is 2.39. The molecule has 0 fully saturated rings. The zero-order valence-electron chi connectivity index (χ0n) is 19.5. The molecule has 0 saturated carbocycles. The van der Waals surface area contributed by atoms with Crippen molar-refractivity contribution in [3.8, 4) is 17.2 Å². The first-order chi connectivity index (χ1) is 16.8. The monoisotopic (exact) mass is 482 g/mol. The Bertz CT molecular complexity index is 1420. The normalized spacial score (nSPS) is 10.8. The van der Waals surface area contributed by atoms with Crippen LogP contribution >= 0.6 is 0 Å². The van der Waals surface area contributed by atoms with Gasteiger partial charge < -0.3 is 24.8 Å². The van der Waals surface area contributed by atoms with Gasteiger partial charge in [0.2, 0.25) is 17.6 Å². The highest BCUT2D eigenvalue weighted by molar-refractivity contribution is 5.91. The van der Waals surface area contributed by atoms with Gasteiger partial charge in [0.05, 0.1) is 21.3 Å². The van der Waals surface area contributed by atoms with Gasteiger partial charge in [0.1, 0.15) is 12.4 Å². The molecule has 2 aromatic heterocycles. The van der Waals surface area contributed by atoms with Gasteiger partial charge in [-0.15, -0.1) is 5.10 Å². The number of amides is 1. The second-order valence-electron chi connectivity index (χ2n) is 7.45. The molecule has 0 aliphatic heterocycles. The summed E-state index contributed by atoms with van der Waals surface area (Å²) in [6.07, 6.45) is 0. The van der Waals surface area contributed by atoms with Crippen LogP contribution in [-0.4, -0.2) is 46.4 Å². The predicted molar refractivity (Wildman–Crippen MR) is 126 cm³/mol. The maximum absolute atomic E-state index is 13.2. The van der Waals surface area contributed by atoms with Gasteiger partial charge >= 0.3 is 5.69 Å². The topological polar surface area (TPSA) is 121 Å². The van der Waals surface area contributed by atoms with E-state index in [0.29, 0.717) is 40.0 Å². The lowest BCUT2D eigenvalue weighted by molar-refractivity contribution is -0.117. The van der Waals surface area contributed by atoms with Gasteiger partial charge in [-0.1, -0.05) is 0 Å². The molecule has 2 N–H and O–H groups in total. The van der Waals surface area contributed by atoms with E-state index in [0.717, 1.165) is 4.68 Å². The maximum atomic E-state index is 13.2. The van der Waals surface area contributed by atoms with Crippen LogP contribution < -0.4 is 30.5 Å². The Kier molecular flexibility index (Phi) is 6.53. The minimum absolute atomic E-state index is 0.188. The average molecular weight is 482 g/mol. The number of hydrogen-bond donors (Lipinski definition) is 2. The van der Waals surface area contributed by atoms with Gasteiger partial charge in [0.15, 0.2) is 17.1 Å². The molecule has 182 valence electrons. The summed E-state index contributed by atoms with van der Waals surface area (Å²) in [5.41, 5.74) is 1.24. The first-order valence-corrected chi connectivity index (χ1v) is 10.4. The Balaban J connectivity index is 1.61. The summed E-state index contributed by atoms with van der Waals surface area (Å²) >= 11 is 0. The second-order valence-corrected chi connectivity index (χ2v) is 7.45. The number of ether oxygens (including phenoxy) is 3. The number of rotatable bonds is 8. The molecule has 35 heavy (non-hydrogen) atoms. The van der Waals surface area contributed by atoms with E-state index in [9.17, 15) is 14.0 Å². The standard InChI is InChI=1S/C23H23FN6O5/c1-13-9-19-28-29(23(32)30(19)22(25-13)27-15-7-5-14(24)6-8-15)12-20(31)26-16-10-17(33-2)21(35-4)18(11-16)34-3/h5-11H,12H2,1-4H3,(H,25,27)(H,26,31). The Morgan fingerprint density at radius 3 is 2.26 bits per heavy atom. The van der Waals surface area contributed by atoms with Crippen molar-refractivity contribution in [1.29, 1.82) is 0 Å². The number of benzene rings is 2. The molecular weight excluding hydrogens is 459 g/mol. The van der Waals surface area contributed by atoms with Crippen molar-refractivity contribution in [2.45, 2.75) is 13.5 Å². The molecule has 0 saturated heterocycles. The molecule has 4 rings (SSSR count). The SMILES string of the molecule is COc1cc(NC(=O)Cn2nc3cc(C)nc(Nc4ccc(F)cc4)n3c2=O)cc(OC)c1OC. The van der Waals surface area contributed by atoms with Crippen LogP contribution in [0.2, 0.25) is 0 Å². The lowest BCUT2D eigenvalue weighted by atomic mass is 10.2. The Morgan fingerprint density at radius 1 is 1.00 bits per heavy atom. The van der Waals surface area contributed by atoms with Crippen LogP contribution in [0.5, 0.6) is 17.2 Å². The third-order valence-corrected chi connectivity index (χ3v) is 5.04. The third-order valence-electron chi connectivity index (χ3n) is 5.04. The van der Waals surface area contributed by atoms with E-state index in [2.05, 4.69) is 20.7 Å². The number of aryl methyl sites for hydroxylation is 1. The predicted octanol–water partition coefficient (Wildman–Crippen LogP) is 2.75. The number of fused-ring (bicyclic) bond motifs is 1. The molecule has 4 aromatic rings. The lowest BCUT2D eigenvalue weighted by Crippen LogP contribution is -2.29. The van der Waals surface area contributed by atoms with Crippen molar-refractivity contribution in [1.82, 2.24) is 19.2 Å². The van der Waals surface area contributed by atoms with Crippen LogP contribution in [0.3, 0.4) is 0 Å². The molecule has 2 aromatic carbocycles. The van der Waals surface area contributed by atoms with E-state index in [-0.39, 0.29) is 18.3 Å². The molecule has 1 amide bonds. The number of aromatic nitrogens is 4. The van der Waals surface area contributed by atoms with Crippen LogP contribution in [0.25, 0.3) is 5.65 Å². The van der Waals surface area contributed by atoms with Crippen molar-refractivity contribution in [2.75, 3.05) is 32.0 Å². The van der Waals surface area contributed by atoms with Crippen LogP contribution in [0.4, 0.5) is 21.7 Å². The zero-order valence-corrected chi connectivity index (χ0v) is 19.5. The minimum atomic E-state index is -0.572. The first kappa shape index (κ1) is 23.5. The smallest absolute Gasteiger partial charge is 0.353 e. The van der Waals surface area contributed by atoms with Gasteiger partial charge in [0, 0.05) is 35.3 Å². The Labute approximate surface area is 199 Å². The van der Waals surface area contributed by atoms with E-state index in [1.54, 1.807) is 25.1 Å². The fourth-order valence-corrected chi connectivity index (χ4v) is 3.49. The number of nitrogens with zero attached hydrogens (tertiary/aromatic N) is 4. The van der Waals surface area contributed by atoms with Crippen LogP contribution in [0, 0.1) is 12.7 Å². The number of hydrogen-bond acceptors (Lipinski definition) is 8. The van der Waals surface area contributed by atoms with E-state index in [1.165, 1.54) is 50.0 Å². The molecule has 11 nitrogen and oxygen atoms in total. The fraction of sp³-hybridized carbons (Fsp3) is 0.217. The molecule has 12 heteroatoms. The summed E-state index contributed by atoms with van der Waals surface area (Å²) in [4.78, 5) is 30.2. The average Bonchev–Trinajstić information content (AvgIpc) is 3.14. The highest BCUT2D eigenvalue weighted by Gasteiger charge is 2.18. The summed E-state index contributed by atoms with van der Waals surface area (Å²) in [6, 6.07) is 10.4. The Hall–Kier alpha value is -4.61. The number of halogens is 1.